The van der Waals surface area contributed by atoms with Crippen molar-refractivity contribution >= 4 is 29.0 Å². The van der Waals surface area contributed by atoms with E-state index >= 15 is 0 Å². The van der Waals surface area contributed by atoms with Crippen LogP contribution in [0, 0.1) is 5.92 Å². The highest BCUT2D eigenvalue weighted by molar-refractivity contribution is 6.29. The van der Waals surface area contributed by atoms with Crippen molar-refractivity contribution in [2.24, 2.45) is 10.9 Å². The lowest BCUT2D eigenvalue weighted by atomic mass is 10.1. The topological polar surface area (TPSA) is 82.8 Å². The minimum atomic E-state index is -1.17. The minimum absolute atomic E-state index is 0.0420. The molecule has 0 radical (unpaired) electrons. The fourth-order valence-electron chi connectivity index (χ4n) is 1.69. The van der Waals surface area contributed by atoms with Crippen molar-refractivity contribution < 1.29 is 15.0 Å². The van der Waals surface area contributed by atoms with E-state index in [1.807, 2.05) is 0 Å². The van der Waals surface area contributed by atoms with Gasteiger partial charge in [-0.3, -0.25) is 4.99 Å². The Kier molecular flexibility index (Phi) is 3.85. The zero-order valence-corrected chi connectivity index (χ0v) is 11.1. The van der Waals surface area contributed by atoms with Crippen molar-refractivity contribution in [3.05, 3.63) is 34.8 Å². The van der Waals surface area contributed by atoms with Gasteiger partial charge in [0.15, 0.2) is 0 Å². The van der Waals surface area contributed by atoms with Crippen LogP contribution in [0.4, 0.5) is 5.69 Å². The molecule has 19 heavy (non-hydrogen) atoms. The van der Waals surface area contributed by atoms with Gasteiger partial charge in [-0.2, -0.15) is 0 Å². The largest absolute Gasteiger partial charge is 0.511 e. The Hall–Kier alpha value is -1.88. The molecule has 2 rings (SSSR count). The highest BCUT2D eigenvalue weighted by atomic mass is 35.5. The van der Waals surface area contributed by atoms with Gasteiger partial charge in [0, 0.05) is 5.92 Å². The average Bonchev–Trinajstić information content (AvgIpc) is 3.15. The fraction of sp³-hybridized carbons (Fsp3) is 0.308. The van der Waals surface area contributed by atoms with Gasteiger partial charge >= 0.3 is 5.97 Å². The zero-order valence-electron chi connectivity index (χ0n) is 10.3. The van der Waals surface area contributed by atoms with Crippen molar-refractivity contribution in [1.82, 2.24) is 4.98 Å². The molecule has 0 unspecified atom stereocenters. The van der Waals surface area contributed by atoms with Crippen LogP contribution in [0.25, 0.3) is 0 Å². The Bertz CT molecular complexity index is 560. The highest BCUT2D eigenvalue weighted by Crippen LogP contribution is 2.37. The van der Waals surface area contributed by atoms with E-state index in [0.29, 0.717) is 10.8 Å². The fourth-order valence-corrected chi connectivity index (χ4v) is 1.81. The van der Waals surface area contributed by atoms with Crippen LogP contribution >= 0.6 is 11.6 Å². The summed E-state index contributed by atoms with van der Waals surface area (Å²) in [7, 11) is 0. The molecule has 0 aromatic carbocycles. The second kappa shape index (κ2) is 5.40. The van der Waals surface area contributed by atoms with Crippen LogP contribution in [0.5, 0.6) is 0 Å². The molecule has 1 aromatic rings. The number of nitrogens with zero attached hydrogens (tertiary/aromatic N) is 2. The molecule has 1 aliphatic carbocycles. The van der Waals surface area contributed by atoms with Crippen LogP contribution in [0.15, 0.2) is 34.7 Å². The zero-order chi connectivity index (χ0) is 14.0. The number of carbonyl (C=O) groups is 1. The number of halogens is 1. The molecule has 0 atom stereocenters. The van der Waals surface area contributed by atoms with Gasteiger partial charge in [0.25, 0.3) is 0 Å². The predicted octanol–water partition coefficient (Wildman–Crippen LogP) is 3.13. The first-order chi connectivity index (χ1) is 8.99. The van der Waals surface area contributed by atoms with Crippen molar-refractivity contribution in [3.8, 4) is 0 Å². The minimum Gasteiger partial charge on any atom is -0.511 e. The maximum atomic E-state index is 11.2. The second-order valence-corrected chi connectivity index (χ2v) is 4.76. The lowest BCUT2D eigenvalue weighted by molar-refractivity contribution is -0.132. The van der Waals surface area contributed by atoms with Crippen LogP contribution in [-0.2, 0) is 4.79 Å². The monoisotopic (exact) mass is 280 g/mol. The number of allylic oxidation sites excluding steroid dienone is 1. The van der Waals surface area contributed by atoms with Gasteiger partial charge in [-0.1, -0.05) is 11.6 Å². The first-order valence-corrected chi connectivity index (χ1v) is 6.20. The number of hydrogen-bond acceptors (Lipinski definition) is 4. The number of aromatic nitrogens is 1. The number of rotatable bonds is 4. The first kappa shape index (κ1) is 13.5. The smallest absolute Gasteiger partial charge is 0.340 e. The van der Waals surface area contributed by atoms with Crippen molar-refractivity contribution in [2.45, 2.75) is 19.8 Å². The average molecular weight is 281 g/mol. The lowest BCUT2D eigenvalue weighted by Crippen LogP contribution is -2.13. The molecule has 2 N–H and O–H groups in total. The van der Waals surface area contributed by atoms with E-state index in [1.165, 1.54) is 6.20 Å². The quantitative estimate of drug-likeness (QED) is 0.384. The number of aliphatic imine (C=N–C) groups is 1. The van der Waals surface area contributed by atoms with Gasteiger partial charge < -0.3 is 10.2 Å². The van der Waals surface area contributed by atoms with Gasteiger partial charge in [0.1, 0.15) is 16.5 Å². The molecule has 6 heteroatoms. The third kappa shape index (κ3) is 3.32. The molecule has 100 valence electrons. The molecule has 1 saturated carbocycles. The Morgan fingerprint density at radius 1 is 1.42 bits per heavy atom. The maximum absolute atomic E-state index is 11.2. The van der Waals surface area contributed by atoms with Crippen LogP contribution in [0.1, 0.15) is 19.8 Å². The van der Waals surface area contributed by atoms with E-state index in [9.17, 15) is 15.0 Å². The molecule has 0 bridgehead atoms. The summed E-state index contributed by atoms with van der Waals surface area (Å²) in [6, 6.07) is 3.20. The Morgan fingerprint density at radius 2 is 2.11 bits per heavy atom. The normalized spacial score (nSPS) is 17.1. The summed E-state index contributed by atoms with van der Waals surface area (Å²) in [5, 5.41) is 19.4. The van der Waals surface area contributed by atoms with Gasteiger partial charge in [0.05, 0.1) is 17.6 Å². The molecule has 0 spiro atoms. The number of carboxylic acid groups (broad SMARTS) is 1. The maximum Gasteiger partial charge on any atom is 0.340 e. The Morgan fingerprint density at radius 3 is 2.58 bits per heavy atom. The van der Waals surface area contributed by atoms with E-state index in [4.69, 9.17) is 11.6 Å². The Labute approximate surface area is 115 Å². The molecule has 0 amide bonds. The first-order valence-electron chi connectivity index (χ1n) is 5.82. The van der Waals surface area contributed by atoms with Gasteiger partial charge in [0.2, 0.25) is 0 Å². The summed E-state index contributed by atoms with van der Waals surface area (Å²) in [5.74, 6) is -1.30. The van der Waals surface area contributed by atoms with Gasteiger partial charge in [-0.15, -0.1) is 0 Å². The molecule has 1 fully saturated rings. The molecule has 0 aliphatic heterocycles. The standard InChI is InChI=1S/C13H13ClN2O3/c1-7(16-9-4-5-10(14)15-6-9)11(13(18)19)12(17)8-2-3-8/h4-6,8,17H,2-3H2,1H3,(H,18,19). The molecule has 1 heterocycles. The number of hydrogen-bond donors (Lipinski definition) is 2. The van der Waals surface area contributed by atoms with Crippen LogP contribution in [-0.4, -0.2) is 26.9 Å². The molecular formula is C13H13ClN2O3. The number of carboxylic acids is 1. The van der Waals surface area contributed by atoms with Crippen molar-refractivity contribution in [2.75, 3.05) is 0 Å². The molecule has 1 aromatic heterocycles. The predicted molar refractivity (Wildman–Crippen MR) is 72.0 cm³/mol. The SMILES string of the molecule is CC(=Nc1ccc(Cl)nc1)C(C(=O)O)=C(O)C1CC1. The van der Waals surface area contributed by atoms with E-state index in [0.717, 1.165) is 12.8 Å². The third-order valence-corrected chi connectivity index (χ3v) is 3.03. The van der Waals surface area contributed by atoms with Crippen molar-refractivity contribution in [3.63, 3.8) is 0 Å². The van der Waals surface area contributed by atoms with Crippen LogP contribution in [0.2, 0.25) is 5.15 Å². The third-order valence-electron chi connectivity index (χ3n) is 2.80. The summed E-state index contributed by atoms with van der Waals surface area (Å²) in [6.45, 7) is 1.55. The number of aliphatic hydroxyl groups is 1. The molecular weight excluding hydrogens is 268 g/mol. The van der Waals surface area contributed by atoms with Gasteiger partial charge in [-0.05, 0) is 31.9 Å². The summed E-state index contributed by atoms with van der Waals surface area (Å²) in [4.78, 5) is 19.2. The summed E-state index contributed by atoms with van der Waals surface area (Å²) >= 11 is 5.66. The molecule has 0 saturated heterocycles. The molecule has 1 aliphatic rings. The van der Waals surface area contributed by atoms with E-state index in [2.05, 4.69) is 9.98 Å². The van der Waals surface area contributed by atoms with E-state index in [1.54, 1.807) is 19.1 Å². The summed E-state index contributed by atoms with van der Waals surface area (Å²) in [5.41, 5.74) is 0.614. The second-order valence-electron chi connectivity index (χ2n) is 4.38. The van der Waals surface area contributed by atoms with E-state index < -0.39 is 5.97 Å². The highest BCUT2D eigenvalue weighted by Gasteiger charge is 2.31. The number of aliphatic carboxylic acids is 1. The van der Waals surface area contributed by atoms with Gasteiger partial charge in [-0.25, -0.2) is 9.78 Å². The summed E-state index contributed by atoms with van der Waals surface area (Å²) in [6.07, 6.45) is 3.08. The number of pyridine rings is 1. The van der Waals surface area contributed by atoms with E-state index in [-0.39, 0.29) is 23.0 Å². The Balaban J connectivity index is 2.34. The molecule has 5 nitrogen and oxygen atoms in total. The van der Waals surface area contributed by atoms with Crippen molar-refractivity contribution in [1.29, 1.82) is 0 Å². The van der Waals surface area contributed by atoms with Crippen LogP contribution < -0.4 is 0 Å². The number of aliphatic hydroxyl groups excluding tert-OH is 1. The lowest BCUT2D eigenvalue weighted by Gasteiger charge is -2.06. The van der Waals surface area contributed by atoms with Crippen LogP contribution in [0.3, 0.4) is 0 Å². The summed E-state index contributed by atoms with van der Waals surface area (Å²) < 4.78 is 0.